The van der Waals surface area contributed by atoms with E-state index in [0.717, 1.165) is 5.56 Å². The molecule has 0 aliphatic heterocycles. The third-order valence-corrected chi connectivity index (χ3v) is 4.81. The van der Waals surface area contributed by atoms with Gasteiger partial charge in [0.25, 0.3) is 0 Å². The first-order valence-corrected chi connectivity index (χ1v) is 8.74. The van der Waals surface area contributed by atoms with Crippen LogP contribution in [0.4, 0.5) is 0 Å². The van der Waals surface area contributed by atoms with Gasteiger partial charge in [-0.05, 0) is 35.9 Å². The average molecular weight is 340 g/mol. The summed E-state index contributed by atoms with van der Waals surface area (Å²) in [5.74, 6) is 0.864. The minimum absolute atomic E-state index is 0.131. The fourth-order valence-corrected chi connectivity index (χ4v) is 3.50. The maximum absolute atomic E-state index is 12.7. The second kappa shape index (κ2) is 6.76. The minimum atomic E-state index is -3.95. The summed E-state index contributed by atoms with van der Waals surface area (Å²) >= 11 is 0. The molecule has 0 saturated heterocycles. The summed E-state index contributed by atoms with van der Waals surface area (Å²) < 4.78 is 35.7. The van der Waals surface area contributed by atoms with Crippen LogP contribution in [0.1, 0.15) is 0 Å². The average Bonchev–Trinajstić information content (AvgIpc) is 2.63. The van der Waals surface area contributed by atoms with Crippen molar-refractivity contribution in [3.8, 4) is 22.6 Å². The molecule has 3 aromatic carbocycles. The van der Waals surface area contributed by atoms with Crippen LogP contribution in [0, 0.1) is 0 Å². The van der Waals surface area contributed by atoms with Crippen LogP contribution in [0.2, 0.25) is 0 Å². The molecule has 0 amide bonds. The van der Waals surface area contributed by atoms with Gasteiger partial charge < -0.3 is 8.92 Å². The van der Waals surface area contributed by atoms with Crippen LogP contribution in [0.15, 0.2) is 83.8 Å². The first-order chi connectivity index (χ1) is 11.6. The van der Waals surface area contributed by atoms with Crippen molar-refractivity contribution in [3.63, 3.8) is 0 Å². The molecule has 0 atom stereocenters. The van der Waals surface area contributed by atoms with E-state index in [9.17, 15) is 8.42 Å². The van der Waals surface area contributed by atoms with E-state index in [0.29, 0.717) is 11.3 Å². The molecule has 3 rings (SSSR count). The van der Waals surface area contributed by atoms with Crippen LogP contribution < -0.4 is 8.92 Å². The Bertz CT molecular complexity index is 917. The lowest BCUT2D eigenvalue weighted by Crippen LogP contribution is -2.11. The molecule has 0 bridgehead atoms. The van der Waals surface area contributed by atoms with Crippen molar-refractivity contribution in [2.75, 3.05) is 7.11 Å². The van der Waals surface area contributed by atoms with Crippen molar-refractivity contribution in [2.45, 2.75) is 4.90 Å². The molecule has 4 nitrogen and oxygen atoms in total. The first kappa shape index (κ1) is 16.1. The standard InChI is InChI=1S/C19H16O4S/c1-22-16-11-13-17(14-12-16)23-24(20,21)19-10-6-5-9-18(19)15-7-3-2-4-8-15/h2-14H,1H3. The summed E-state index contributed by atoms with van der Waals surface area (Å²) in [6.07, 6.45) is 0. The summed E-state index contributed by atoms with van der Waals surface area (Å²) in [4.78, 5) is 0.131. The van der Waals surface area contributed by atoms with Crippen LogP contribution in [-0.2, 0) is 10.1 Å². The van der Waals surface area contributed by atoms with Crippen molar-refractivity contribution < 1.29 is 17.3 Å². The predicted molar refractivity (Wildman–Crippen MR) is 92.7 cm³/mol. The molecule has 0 spiro atoms. The number of hydrogen-bond acceptors (Lipinski definition) is 4. The molecule has 0 aliphatic carbocycles. The summed E-state index contributed by atoms with van der Waals surface area (Å²) in [5, 5.41) is 0. The molecule has 24 heavy (non-hydrogen) atoms. The first-order valence-electron chi connectivity index (χ1n) is 7.33. The zero-order valence-electron chi connectivity index (χ0n) is 13.0. The molecule has 0 aromatic heterocycles. The Hall–Kier alpha value is -2.79. The highest BCUT2D eigenvalue weighted by molar-refractivity contribution is 7.87. The Labute approximate surface area is 141 Å². The lowest BCUT2D eigenvalue weighted by atomic mass is 10.1. The molecule has 0 N–H and O–H groups in total. The molecule has 5 heteroatoms. The molecule has 0 saturated carbocycles. The number of benzene rings is 3. The number of methoxy groups -OCH3 is 1. The number of rotatable bonds is 5. The van der Waals surface area contributed by atoms with Gasteiger partial charge in [-0.1, -0.05) is 48.5 Å². The van der Waals surface area contributed by atoms with Gasteiger partial charge in [-0.2, -0.15) is 8.42 Å². The van der Waals surface area contributed by atoms with Crippen LogP contribution in [0.3, 0.4) is 0 Å². The Balaban J connectivity index is 1.98. The molecule has 0 unspecified atom stereocenters. The zero-order chi connectivity index (χ0) is 17.0. The van der Waals surface area contributed by atoms with E-state index < -0.39 is 10.1 Å². The third kappa shape index (κ3) is 3.41. The Morgan fingerprint density at radius 2 is 1.29 bits per heavy atom. The van der Waals surface area contributed by atoms with Gasteiger partial charge in [-0.15, -0.1) is 0 Å². The fraction of sp³-hybridized carbons (Fsp3) is 0.0526. The molecule has 0 radical (unpaired) electrons. The summed E-state index contributed by atoms with van der Waals surface area (Å²) in [7, 11) is -2.41. The van der Waals surface area contributed by atoms with Crippen molar-refractivity contribution in [3.05, 3.63) is 78.9 Å². The van der Waals surface area contributed by atoms with Crippen molar-refractivity contribution in [2.24, 2.45) is 0 Å². The quantitative estimate of drug-likeness (QED) is 0.655. The lowest BCUT2D eigenvalue weighted by molar-refractivity contribution is 0.413. The van der Waals surface area contributed by atoms with Crippen LogP contribution in [0.5, 0.6) is 11.5 Å². The topological polar surface area (TPSA) is 52.6 Å². The van der Waals surface area contributed by atoms with Gasteiger partial charge in [0, 0.05) is 5.56 Å². The lowest BCUT2D eigenvalue weighted by Gasteiger charge is -2.12. The van der Waals surface area contributed by atoms with E-state index in [4.69, 9.17) is 8.92 Å². The molecular formula is C19H16O4S. The maximum Gasteiger partial charge on any atom is 0.339 e. The van der Waals surface area contributed by atoms with E-state index in [-0.39, 0.29) is 10.6 Å². The van der Waals surface area contributed by atoms with Gasteiger partial charge in [0.2, 0.25) is 0 Å². The van der Waals surface area contributed by atoms with E-state index in [1.165, 1.54) is 0 Å². The largest absolute Gasteiger partial charge is 0.497 e. The minimum Gasteiger partial charge on any atom is -0.497 e. The summed E-state index contributed by atoms with van der Waals surface area (Å²) in [5.41, 5.74) is 1.42. The van der Waals surface area contributed by atoms with Gasteiger partial charge >= 0.3 is 10.1 Å². The Kier molecular flexibility index (Phi) is 4.53. The zero-order valence-corrected chi connectivity index (χ0v) is 13.9. The number of hydrogen-bond donors (Lipinski definition) is 0. The molecule has 0 heterocycles. The smallest absolute Gasteiger partial charge is 0.339 e. The van der Waals surface area contributed by atoms with Crippen LogP contribution >= 0.6 is 0 Å². The third-order valence-electron chi connectivity index (χ3n) is 3.51. The van der Waals surface area contributed by atoms with Crippen molar-refractivity contribution >= 4 is 10.1 Å². The van der Waals surface area contributed by atoms with Crippen LogP contribution in [-0.4, -0.2) is 15.5 Å². The van der Waals surface area contributed by atoms with Gasteiger partial charge in [0.05, 0.1) is 7.11 Å². The van der Waals surface area contributed by atoms with E-state index >= 15 is 0 Å². The van der Waals surface area contributed by atoms with Gasteiger partial charge in [0.1, 0.15) is 16.4 Å². The van der Waals surface area contributed by atoms with E-state index in [1.54, 1.807) is 55.6 Å². The normalized spacial score (nSPS) is 11.0. The monoisotopic (exact) mass is 340 g/mol. The molecule has 3 aromatic rings. The van der Waals surface area contributed by atoms with Crippen molar-refractivity contribution in [1.29, 1.82) is 0 Å². The molecule has 0 fully saturated rings. The van der Waals surface area contributed by atoms with Crippen LogP contribution in [0.25, 0.3) is 11.1 Å². The van der Waals surface area contributed by atoms with Gasteiger partial charge in [-0.3, -0.25) is 0 Å². The maximum atomic E-state index is 12.7. The van der Waals surface area contributed by atoms with E-state index in [2.05, 4.69) is 0 Å². The second-order valence-electron chi connectivity index (χ2n) is 5.08. The summed E-state index contributed by atoms with van der Waals surface area (Å²) in [6, 6.07) is 22.5. The highest BCUT2D eigenvalue weighted by Gasteiger charge is 2.21. The number of ether oxygens (including phenoxy) is 1. The van der Waals surface area contributed by atoms with Crippen molar-refractivity contribution in [1.82, 2.24) is 0 Å². The summed E-state index contributed by atoms with van der Waals surface area (Å²) in [6.45, 7) is 0. The molecular weight excluding hydrogens is 324 g/mol. The Morgan fingerprint density at radius 1 is 0.708 bits per heavy atom. The fourth-order valence-electron chi connectivity index (χ4n) is 2.34. The predicted octanol–water partition coefficient (Wildman–Crippen LogP) is 4.13. The Morgan fingerprint density at radius 3 is 1.96 bits per heavy atom. The highest BCUT2D eigenvalue weighted by atomic mass is 32.2. The molecule has 122 valence electrons. The van der Waals surface area contributed by atoms with E-state index in [1.807, 2.05) is 30.3 Å². The highest BCUT2D eigenvalue weighted by Crippen LogP contribution is 2.29. The SMILES string of the molecule is COc1ccc(OS(=O)(=O)c2ccccc2-c2ccccc2)cc1. The van der Waals surface area contributed by atoms with Gasteiger partial charge in [-0.25, -0.2) is 0 Å². The molecule has 0 aliphatic rings. The van der Waals surface area contributed by atoms with Gasteiger partial charge in [0.15, 0.2) is 0 Å². The second-order valence-corrected chi connectivity index (χ2v) is 6.59.